The van der Waals surface area contributed by atoms with Gasteiger partial charge in [-0.25, -0.2) is 0 Å². The summed E-state index contributed by atoms with van der Waals surface area (Å²) in [6.07, 6.45) is -16.5. The van der Waals surface area contributed by atoms with E-state index in [0.29, 0.717) is 0 Å². The Kier molecular flexibility index (Phi) is 12.1. The molecule has 2 heterocycles. The van der Waals surface area contributed by atoms with Gasteiger partial charge in [0.15, 0.2) is 12.6 Å². The lowest BCUT2D eigenvalue weighted by molar-refractivity contribution is -0.332. The fraction of sp³-hybridized carbons (Fsp3) is 1.00. The van der Waals surface area contributed by atoms with E-state index in [4.69, 9.17) is 59.4 Å². The molecule has 3 fully saturated rings. The van der Waals surface area contributed by atoms with Crippen molar-refractivity contribution in [1.82, 2.24) is 0 Å². The SMILES string of the molecule is NCC1OC(OC2C(N)CC(N)C(OC3OC(CO)C(O)C(N)C3O)C2O)C(O)C(O)C1O.O=S(=O)(O)O. The molecule has 0 bridgehead atoms. The van der Waals surface area contributed by atoms with Crippen LogP contribution < -0.4 is 22.9 Å². The first kappa shape index (κ1) is 33.5. The summed E-state index contributed by atoms with van der Waals surface area (Å²) in [6, 6.07) is -2.86. The Morgan fingerprint density at radius 2 is 1.16 bits per heavy atom. The first-order valence-electron chi connectivity index (χ1n) is 11.5. The van der Waals surface area contributed by atoms with Crippen LogP contribution in [0.5, 0.6) is 0 Å². The van der Waals surface area contributed by atoms with Crippen LogP contribution in [-0.4, -0.2) is 158 Å². The molecule has 15 unspecified atom stereocenters. The fourth-order valence-corrected chi connectivity index (χ4v) is 4.40. The van der Waals surface area contributed by atoms with E-state index < -0.39 is 109 Å². The topological polar surface area (TPSA) is 357 Å². The maximum atomic E-state index is 10.9. The van der Waals surface area contributed by atoms with E-state index in [9.17, 15) is 35.7 Å². The average Bonchev–Trinajstić information content (AvgIpc) is 2.83. The van der Waals surface area contributed by atoms with Crippen LogP contribution in [0, 0.1) is 0 Å². The number of hydrogen-bond donors (Lipinski definition) is 13. The van der Waals surface area contributed by atoms with Gasteiger partial charge in [-0.15, -0.1) is 0 Å². The van der Waals surface area contributed by atoms with E-state index in [0.717, 1.165) is 0 Å². The lowest BCUT2D eigenvalue weighted by Crippen LogP contribution is -2.68. The molecule has 0 amide bonds. The van der Waals surface area contributed by atoms with Crippen molar-refractivity contribution in [3.63, 3.8) is 0 Å². The van der Waals surface area contributed by atoms with Crippen molar-refractivity contribution in [2.45, 2.75) is 98.2 Å². The second kappa shape index (κ2) is 13.8. The lowest BCUT2D eigenvalue weighted by atomic mass is 9.84. The maximum absolute atomic E-state index is 10.9. The van der Waals surface area contributed by atoms with Crippen molar-refractivity contribution in [2.24, 2.45) is 22.9 Å². The highest BCUT2D eigenvalue weighted by Crippen LogP contribution is 2.31. The zero-order valence-corrected chi connectivity index (χ0v) is 20.8. The van der Waals surface area contributed by atoms with Gasteiger partial charge in [0.1, 0.15) is 61.0 Å². The second-order valence-corrected chi connectivity index (χ2v) is 10.1. The Bertz CT molecular complexity index is 783. The van der Waals surface area contributed by atoms with Crippen molar-refractivity contribution in [3.05, 3.63) is 0 Å². The Morgan fingerprint density at radius 3 is 1.61 bits per heavy atom. The van der Waals surface area contributed by atoms with Gasteiger partial charge in [-0.1, -0.05) is 0 Å². The summed E-state index contributed by atoms with van der Waals surface area (Å²) < 4.78 is 53.8. The van der Waals surface area contributed by atoms with Gasteiger partial charge in [0.25, 0.3) is 0 Å². The summed E-state index contributed by atoms with van der Waals surface area (Å²) in [4.78, 5) is 0. The molecule has 20 heteroatoms. The molecule has 0 aromatic heterocycles. The summed E-state index contributed by atoms with van der Waals surface area (Å²) >= 11 is 0. The highest BCUT2D eigenvalue weighted by molar-refractivity contribution is 7.79. The van der Waals surface area contributed by atoms with Crippen LogP contribution in [0.1, 0.15) is 6.42 Å². The predicted molar refractivity (Wildman–Crippen MR) is 122 cm³/mol. The van der Waals surface area contributed by atoms with Crippen LogP contribution in [0.4, 0.5) is 0 Å². The Hall–Kier alpha value is -0.730. The zero-order chi connectivity index (χ0) is 29.1. The molecular weight excluding hydrogens is 544 g/mol. The van der Waals surface area contributed by atoms with Crippen LogP contribution in [0.2, 0.25) is 0 Å². The van der Waals surface area contributed by atoms with E-state index in [1.54, 1.807) is 0 Å². The van der Waals surface area contributed by atoms with Gasteiger partial charge in [-0.3, -0.25) is 9.11 Å². The van der Waals surface area contributed by atoms with Crippen molar-refractivity contribution in [1.29, 1.82) is 0 Å². The maximum Gasteiger partial charge on any atom is 0.394 e. The Balaban J connectivity index is 0.000000926. The molecule has 2 saturated heterocycles. The van der Waals surface area contributed by atoms with Crippen molar-refractivity contribution in [3.8, 4) is 0 Å². The molecule has 0 aromatic rings. The quantitative estimate of drug-likeness (QED) is 0.129. The van der Waals surface area contributed by atoms with E-state index >= 15 is 0 Å². The molecule has 1 aliphatic carbocycles. The summed E-state index contributed by atoms with van der Waals surface area (Å²) in [5.41, 5.74) is 23.5. The monoisotopic (exact) mass is 582 g/mol. The zero-order valence-electron chi connectivity index (χ0n) is 20.0. The average molecular weight is 583 g/mol. The van der Waals surface area contributed by atoms with Crippen LogP contribution in [0.15, 0.2) is 0 Å². The number of ether oxygens (including phenoxy) is 4. The van der Waals surface area contributed by atoms with Crippen molar-refractivity contribution in [2.75, 3.05) is 13.2 Å². The van der Waals surface area contributed by atoms with Crippen LogP contribution in [0.3, 0.4) is 0 Å². The molecule has 15 atom stereocenters. The minimum atomic E-state index is -4.67. The van der Waals surface area contributed by atoms with Gasteiger partial charge in [0, 0.05) is 18.6 Å². The summed E-state index contributed by atoms with van der Waals surface area (Å²) in [5.74, 6) is 0. The van der Waals surface area contributed by atoms with Crippen molar-refractivity contribution < 1.29 is 72.2 Å². The highest BCUT2D eigenvalue weighted by atomic mass is 32.3. The first-order chi connectivity index (χ1) is 17.5. The molecule has 3 rings (SSSR count). The molecular formula is C18H38N4O15S. The molecule has 19 nitrogen and oxygen atoms in total. The van der Waals surface area contributed by atoms with E-state index in [2.05, 4.69) is 0 Å². The molecule has 0 radical (unpaired) electrons. The van der Waals surface area contributed by atoms with E-state index in [-0.39, 0.29) is 13.0 Å². The minimum absolute atomic E-state index is 0.0849. The molecule has 226 valence electrons. The molecule has 3 aliphatic rings. The van der Waals surface area contributed by atoms with Crippen LogP contribution in [-0.2, 0) is 29.3 Å². The summed E-state index contributed by atoms with van der Waals surface area (Å²) in [6.45, 7) is -0.763. The van der Waals surface area contributed by atoms with Gasteiger partial charge in [-0.2, -0.15) is 8.42 Å². The van der Waals surface area contributed by atoms with Gasteiger partial charge < -0.3 is 77.6 Å². The molecule has 0 spiro atoms. The summed E-state index contributed by atoms with van der Waals surface area (Å²) in [5, 5.41) is 70.9. The minimum Gasteiger partial charge on any atom is -0.394 e. The lowest BCUT2D eigenvalue weighted by Gasteiger charge is -2.48. The molecule has 1 saturated carbocycles. The first-order valence-corrected chi connectivity index (χ1v) is 12.9. The number of aliphatic hydroxyl groups excluding tert-OH is 7. The van der Waals surface area contributed by atoms with Gasteiger partial charge in [0.05, 0.1) is 12.6 Å². The molecule has 0 aromatic carbocycles. The number of aliphatic hydroxyl groups is 7. The van der Waals surface area contributed by atoms with E-state index in [1.807, 2.05) is 0 Å². The summed E-state index contributed by atoms with van der Waals surface area (Å²) in [7, 11) is -4.67. The number of rotatable bonds is 6. The molecule has 2 aliphatic heterocycles. The third kappa shape index (κ3) is 8.15. The predicted octanol–water partition coefficient (Wildman–Crippen LogP) is -7.94. The van der Waals surface area contributed by atoms with Crippen LogP contribution in [0.25, 0.3) is 0 Å². The highest BCUT2D eigenvalue weighted by Gasteiger charge is 2.51. The number of nitrogens with two attached hydrogens (primary N) is 4. The largest absolute Gasteiger partial charge is 0.394 e. The van der Waals surface area contributed by atoms with Crippen LogP contribution >= 0.6 is 0 Å². The fourth-order valence-electron chi connectivity index (χ4n) is 4.40. The number of hydrogen-bond acceptors (Lipinski definition) is 17. The standard InChI is InChI=1S/C18H36N4O11.H2O4S/c19-2-6-10(25)12(27)13(28)18(30-6)33-16-5(21)1-4(20)15(14(16)29)32-17-11(26)8(22)9(24)7(3-23)31-17;1-5(2,3)4/h4-18,23-29H,1-3,19-22H2;(H2,1,2,3,4). The Morgan fingerprint density at radius 1 is 0.711 bits per heavy atom. The second-order valence-electron chi connectivity index (χ2n) is 9.24. The Labute approximate surface area is 217 Å². The van der Waals surface area contributed by atoms with E-state index in [1.165, 1.54) is 0 Å². The normalized spacial score (nSPS) is 48.2. The smallest absolute Gasteiger partial charge is 0.394 e. The molecule has 17 N–H and O–H groups in total. The van der Waals surface area contributed by atoms with Gasteiger partial charge in [0.2, 0.25) is 0 Å². The molecule has 38 heavy (non-hydrogen) atoms. The third-order valence-corrected chi connectivity index (χ3v) is 6.48. The van der Waals surface area contributed by atoms with Gasteiger partial charge in [-0.05, 0) is 6.42 Å². The van der Waals surface area contributed by atoms with Crippen molar-refractivity contribution >= 4 is 10.4 Å². The van der Waals surface area contributed by atoms with Gasteiger partial charge >= 0.3 is 10.4 Å². The third-order valence-electron chi connectivity index (χ3n) is 6.48.